The van der Waals surface area contributed by atoms with Crippen molar-refractivity contribution in [2.45, 2.75) is 31.7 Å². The van der Waals surface area contributed by atoms with Gasteiger partial charge in [-0.15, -0.1) is 0 Å². The molecule has 9 nitrogen and oxygen atoms in total. The van der Waals surface area contributed by atoms with Gasteiger partial charge in [0, 0.05) is 29.8 Å². The Hall–Kier alpha value is -3.62. The fourth-order valence-corrected chi connectivity index (χ4v) is 2.64. The van der Waals surface area contributed by atoms with Crippen molar-refractivity contribution in [3.8, 4) is 5.75 Å². The van der Waals surface area contributed by atoms with Crippen molar-refractivity contribution in [2.24, 2.45) is 0 Å². The summed E-state index contributed by atoms with van der Waals surface area (Å²) in [6.07, 6.45) is 2.41. The Morgan fingerprint density at radius 1 is 1.17 bits per heavy atom. The molecule has 0 radical (unpaired) electrons. The molecule has 1 saturated carbocycles. The van der Waals surface area contributed by atoms with E-state index in [0.29, 0.717) is 23.5 Å². The summed E-state index contributed by atoms with van der Waals surface area (Å²) in [7, 11) is 0. The molecular formula is C20H21N3O6. The summed E-state index contributed by atoms with van der Waals surface area (Å²) in [5.41, 5.74) is 0.982. The first kappa shape index (κ1) is 20.1. The van der Waals surface area contributed by atoms with Crippen molar-refractivity contribution in [1.82, 2.24) is 0 Å². The van der Waals surface area contributed by atoms with Crippen LogP contribution in [0.3, 0.4) is 0 Å². The van der Waals surface area contributed by atoms with Crippen molar-refractivity contribution >= 4 is 28.9 Å². The maximum Gasteiger partial charge on any atom is 0.303 e. The van der Waals surface area contributed by atoms with E-state index < -0.39 is 16.8 Å². The average Bonchev–Trinajstić information content (AvgIpc) is 3.50. The van der Waals surface area contributed by atoms with Crippen LogP contribution in [0.15, 0.2) is 42.5 Å². The van der Waals surface area contributed by atoms with Crippen molar-refractivity contribution < 1.29 is 24.4 Å². The predicted molar refractivity (Wildman–Crippen MR) is 107 cm³/mol. The molecule has 0 atom stereocenters. The highest BCUT2D eigenvalue weighted by Gasteiger charge is 2.25. The Labute approximate surface area is 166 Å². The summed E-state index contributed by atoms with van der Waals surface area (Å²) in [6, 6.07) is 11.2. The van der Waals surface area contributed by atoms with Crippen LogP contribution in [0.2, 0.25) is 0 Å². The van der Waals surface area contributed by atoms with Crippen LogP contribution < -0.4 is 15.4 Å². The lowest BCUT2D eigenvalue weighted by atomic mass is 10.1. The summed E-state index contributed by atoms with van der Waals surface area (Å²) in [5.74, 6) is -0.774. The lowest BCUT2D eigenvalue weighted by molar-refractivity contribution is -0.384. The highest BCUT2D eigenvalue weighted by atomic mass is 16.6. The minimum atomic E-state index is -0.872. The van der Waals surface area contributed by atoms with Crippen molar-refractivity contribution in [3.05, 3.63) is 58.1 Å². The standard InChI is InChI=1S/C20H21N3O6/c24-19(25)2-1-11-29-16-8-6-15(7-9-16)22-20(26)13-3-10-17(21-14-4-5-14)18(12-13)23(27)28/h3,6-10,12,14,21H,1-2,4-5,11H2,(H,22,26)(H,24,25). The van der Waals surface area contributed by atoms with Crippen LogP contribution in [-0.2, 0) is 4.79 Å². The first-order chi connectivity index (χ1) is 13.9. The zero-order chi connectivity index (χ0) is 20.8. The highest BCUT2D eigenvalue weighted by Crippen LogP contribution is 2.31. The quantitative estimate of drug-likeness (QED) is 0.316. The van der Waals surface area contributed by atoms with E-state index in [2.05, 4.69) is 10.6 Å². The van der Waals surface area contributed by atoms with E-state index >= 15 is 0 Å². The Morgan fingerprint density at radius 2 is 1.90 bits per heavy atom. The molecule has 9 heteroatoms. The van der Waals surface area contributed by atoms with Crippen LogP contribution in [0.4, 0.5) is 17.1 Å². The van der Waals surface area contributed by atoms with Gasteiger partial charge in [-0.1, -0.05) is 0 Å². The van der Waals surface area contributed by atoms with E-state index in [4.69, 9.17) is 9.84 Å². The van der Waals surface area contributed by atoms with Gasteiger partial charge in [0.1, 0.15) is 11.4 Å². The summed E-state index contributed by atoms with van der Waals surface area (Å²) >= 11 is 0. The Bertz CT molecular complexity index is 909. The lowest BCUT2D eigenvalue weighted by Crippen LogP contribution is -2.13. The third-order valence-corrected chi connectivity index (χ3v) is 4.31. The Morgan fingerprint density at radius 3 is 2.52 bits per heavy atom. The zero-order valence-corrected chi connectivity index (χ0v) is 15.6. The molecule has 0 unspecified atom stereocenters. The maximum atomic E-state index is 12.5. The van der Waals surface area contributed by atoms with E-state index in [1.54, 1.807) is 36.4 Å². The first-order valence-corrected chi connectivity index (χ1v) is 9.23. The van der Waals surface area contributed by atoms with Gasteiger partial charge in [-0.25, -0.2) is 0 Å². The number of aliphatic carboxylic acids is 1. The molecule has 0 aromatic heterocycles. The van der Waals surface area contributed by atoms with Crippen LogP contribution in [0.1, 0.15) is 36.0 Å². The van der Waals surface area contributed by atoms with E-state index in [-0.39, 0.29) is 30.3 Å². The first-order valence-electron chi connectivity index (χ1n) is 9.23. The normalized spacial score (nSPS) is 12.8. The van der Waals surface area contributed by atoms with Crippen LogP contribution in [-0.4, -0.2) is 34.6 Å². The van der Waals surface area contributed by atoms with Crippen molar-refractivity contribution in [2.75, 3.05) is 17.2 Å². The van der Waals surface area contributed by atoms with Gasteiger partial charge in [-0.3, -0.25) is 19.7 Å². The van der Waals surface area contributed by atoms with Gasteiger partial charge in [-0.2, -0.15) is 0 Å². The highest BCUT2D eigenvalue weighted by molar-refractivity contribution is 6.05. The number of nitro groups is 1. The molecule has 1 aliphatic carbocycles. The molecule has 0 heterocycles. The average molecular weight is 399 g/mol. The van der Waals surface area contributed by atoms with Crippen LogP contribution in [0.5, 0.6) is 5.75 Å². The van der Waals surface area contributed by atoms with E-state index in [0.717, 1.165) is 12.8 Å². The number of carbonyl (C=O) groups excluding carboxylic acids is 1. The number of carbonyl (C=O) groups is 2. The monoisotopic (exact) mass is 399 g/mol. The SMILES string of the molecule is O=C(O)CCCOc1ccc(NC(=O)c2ccc(NC3CC3)c([N+](=O)[O-])c2)cc1. The largest absolute Gasteiger partial charge is 0.494 e. The second-order valence-electron chi connectivity index (χ2n) is 6.73. The number of carboxylic acids is 1. The minimum absolute atomic E-state index is 0.0369. The predicted octanol–water partition coefficient (Wildman–Crippen LogP) is 3.67. The van der Waals surface area contributed by atoms with Crippen molar-refractivity contribution in [1.29, 1.82) is 0 Å². The molecule has 0 saturated heterocycles. The molecular weight excluding hydrogens is 378 g/mol. The number of carboxylic acid groups (broad SMARTS) is 1. The van der Waals surface area contributed by atoms with E-state index in [9.17, 15) is 19.7 Å². The smallest absolute Gasteiger partial charge is 0.303 e. The van der Waals surface area contributed by atoms with Crippen molar-refractivity contribution in [3.63, 3.8) is 0 Å². The topological polar surface area (TPSA) is 131 Å². The molecule has 29 heavy (non-hydrogen) atoms. The van der Waals surface area contributed by atoms with Gasteiger partial charge < -0.3 is 20.5 Å². The van der Waals surface area contributed by atoms with Gasteiger partial charge >= 0.3 is 5.97 Å². The maximum absolute atomic E-state index is 12.5. The number of benzene rings is 2. The molecule has 0 spiro atoms. The van der Waals surface area contributed by atoms with Crippen LogP contribution in [0, 0.1) is 10.1 Å². The molecule has 1 fully saturated rings. The molecule has 0 aliphatic heterocycles. The number of hydrogen-bond acceptors (Lipinski definition) is 6. The van der Waals surface area contributed by atoms with E-state index in [1.165, 1.54) is 6.07 Å². The Balaban J connectivity index is 1.60. The number of nitrogens with zero attached hydrogens (tertiary/aromatic N) is 1. The number of anilines is 2. The van der Waals surface area contributed by atoms with Crippen LogP contribution >= 0.6 is 0 Å². The van der Waals surface area contributed by atoms with Gasteiger partial charge in [0.2, 0.25) is 0 Å². The summed E-state index contributed by atoms with van der Waals surface area (Å²) in [4.78, 5) is 33.7. The molecule has 3 N–H and O–H groups in total. The molecule has 1 aliphatic rings. The van der Waals surface area contributed by atoms with Gasteiger partial charge in [0.15, 0.2) is 0 Å². The molecule has 1 amide bonds. The third kappa shape index (κ3) is 5.93. The number of ether oxygens (including phenoxy) is 1. The van der Waals surface area contributed by atoms with Gasteiger partial charge in [-0.05, 0) is 55.7 Å². The fraction of sp³-hybridized carbons (Fsp3) is 0.300. The second-order valence-corrected chi connectivity index (χ2v) is 6.73. The minimum Gasteiger partial charge on any atom is -0.494 e. The summed E-state index contributed by atoms with van der Waals surface area (Å²) < 4.78 is 5.44. The number of rotatable bonds is 10. The molecule has 0 bridgehead atoms. The molecule has 2 aromatic rings. The number of nitro benzene ring substituents is 1. The molecule has 152 valence electrons. The number of nitrogens with one attached hydrogen (secondary N) is 2. The van der Waals surface area contributed by atoms with E-state index in [1.807, 2.05) is 0 Å². The zero-order valence-electron chi connectivity index (χ0n) is 15.6. The van der Waals surface area contributed by atoms with Gasteiger partial charge in [0.25, 0.3) is 11.6 Å². The lowest BCUT2D eigenvalue weighted by Gasteiger charge is -2.10. The summed E-state index contributed by atoms with van der Waals surface area (Å²) in [6.45, 7) is 0.281. The Kier molecular flexibility index (Phi) is 6.28. The van der Waals surface area contributed by atoms with Crippen LogP contribution in [0.25, 0.3) is 0 Å². The van der Waals surface area contributed by atoms with Gasteiger partial charge in [0.05, 0.1) is 11.5 Å². The number of hydrogen-bond donors (Lipinski definition) is 3. The third-order valence-electron chi connectivity index (χ3n) is 4.31. The second kappa shape index (κ2) is 9.05. The molecule has 2 aromatic carbocycles. The summed E-state index contributed by atoms with van der Waals surface area (Å²) in [5, 5.41) is 25.7. The molecule has 3 rings (SSSR count). The fourth-order valence-electron chi connectivity index (χ4n) is 2.64. The number of amides is 1.